The average Bonchev–Trinajstić information content (AvgIpc) is 2.39. The minimum atomic E-state index is 0.510. The largest absolute Gasteiger partial charge is 0.479 e. The predicted octanol–water partition coefficient (Wildman–Crippen LogP) is 1.27. The number of hydrogen-bond acceptors (Lipinski definition) is 5. The van der Waals surface area contributed by atoms with Gasteiger partial charge in [0, 0.05) is 36.9 Å². The average molecular weight is 230 g/mol. The van der Waals surface area contributed by atoms with Crippen LogP contribution in [0.15, 0.2) is 30.9 Å². The van der Waals surface area contributed by atoms with Crippen LogP contribution in [0.2, 0.25) is 0 Å². The second-order valence-corrected chi connectivity index (χ2v) is 3.53. The normalized spacial score (nSPS) is 10.2. The summed E-state index contributed by atoms with van der Waals surface area (Å²) in [6.45, 7) is 0.767. The van der Waals surface area contributed by atoms with Gasteiger partial charge in [-0.3, -0.25) is 4.98 Å². The molecule has 2 heterocycles. The third-order valence-electron chi connectivity index (χ3n) is 2.31. The number of nitrogens with one attached hydrogen (secondary N) is 1. The van der Waals surface area contributed by atoms with Gasteiger partial charge in [-0.25, -0.2) is 9.97 Å². The molecule has 0 radical (unpaired) electrons. The summed E-state index contributed by atoms with van der Waals surface area (Å²) in [5.41, 5.74) is 2.71. The lowest BCUT2D eigenvalue weighted by Crippen LogP contribution is -2.05. The van der Waals surface area contributed by atoms with Gasteiger partial charge in [0.15, 0.2) is 0 Å². The number of methoxy groups -OCH3 is 1. The van der Waals surface area contributed by atoms with Gasteiger partial charge in [0.05, 0.1) is 7.11 Å². The molecule has 0 aliphatic rings. The molecule has 1 N–H and O–H groups in total. The van der Waals surface area contributed by atoms with E-state index in [1.165, 1.54) is 0 Å². The van der Waals surface area contributed by atoms with Crippen molar-refractivity contribution in [1.82, 2.24) is 20.3 Å². The molecule has 88 valence electrons. The number of ether oxygens (including phenoxy) is 1. The molecule has 0 unspecified atom stereocenters. The smallest absolute Gasteiger partial charge is 0.240 e. The molecule has 0 aliphatic carbocycles. The van der Waals surface area contributed by atoms with Gasteiger partial charge < -0.3 is 10.1 Å². The Kier molecular flexibility index (Phi) is 3.62. The van der Waals surface area contributed by atoms with Crippen molar-refractivity contribution in [2.45, 2.75) is 6.54 Å². The fraction of sp³-hybridized carbons (Fsp3) is 0.250. The molecule has 0 fully saturated rings. The van der Waals surface area contributed by atoms with Crippen LogP contribution in [0.25, 0.3) is 11.3 Å². The zero-order valence-corrected chi connectivity index (χ0v) is 9.84. The van der Waals surface area contributed by atoms with Gasteiger partial charge in [-0.2, -0.15) is 0 Å². The lowest BCUT2D eigenvalue weighted by Gasteiger charge is -2.07. The van der Waals surface area contributed by atoms with E-state index in [1.807, 2.05) is 19.3 Å². The summed E-state index contributed by atoms with van der Waals surface area (Å²) in [4.78, 5) is 12.6. The minimum Gasteiger partial charge on any atom is -0.479 e. The van der Waals surface area contributed by atoms with Crippen LogP contribution in [0.4, 0.5) is 0 Å². The van der Waals surface area contributed by atoms with Crippen molar-refractivity contribution < 1.29 is 4.74 Å². The molecule has 0 bridgehead atoms. The second kappa shape index (κ2) is 5.36. The van der Waals surface area contributed by atoms with Gasteiger partial charge in [0.2, 0.25) is 5.88 Å². The van der Waals surface area contributed by atoms with Crippen LogP contribution < -0.4 is 10.1 Å². The molecule has 0 saturated carbocycles. The van der Waals surface area contributed by atoms with Gasteiger partial charge >= 0.3 is 0 Å². The van der Waals surface area contributed by atoms with Gasteiger partial charge in [0.25, 0.3) is 0 Å². The SMILES string of the molecule is CNCc1cncc(-c2nccnc2OC)c1. The molecule has 0 atom stereocenters. The maximum Gasteiger partial charge on any atom is 0.240 e. The quantitative estimate of drug-likeness (QED) is 0.857. The van der Waals surface area contributed by atoms with Crippen LogP contribution in [0.5, 0.6) is 5.88 Å². The molecule has 17 heavy (non-hydrogen) atoms. The van der Waals surface area contributed by atoms with Crippen LogP contribution in [0.3, 0.4) is 0 Å². The summed E-state index contributed by atoms with van der Waals surface area (Å²) in [5.74, 6) is 0.510. The van der Waals surface area contributed by atoms with E-state index in [0.717, 1.165) is 17.7 Å². The Hall–Kier alpha value is -2.01. The molecule has 2 aromatic rings. The Morgan fingerprint density at radius 1 is 1.24 bits per heavy atom. The first kappa shape index (κ1) is 11.5. The highest BCUT2D eigenvalue weighted by Crippen LogP contribution is 2.24. The Labute approximate surface area is 99.9 Å². The number of pyridine rings is 1. The number of aromatic nitrogens is 3. The summed E-state index contributed by atoms with van der Waals surface area (Å²) in [5, 5.41) is 3.08. The van der Waals surface area contributed by atoms with Crippen LogP contribution in [-0.4, -0.2) is 29.1 Å². The fourth-order valence-corrected chi connectivity index (χ4v) is 1.59. The van der Waals surface area contributed by atoms with E-state index in [2.05, 4.69) is 20.3 Å². The fourth-order valence-electron chi connectivity index (χ4n) is 1.59. The van der Waals surface area contributed by atoms with Crippen molar-refractivity contribution in [1.29, 1.82) is 0 Å². The zero-order chi connectivity index (χ0) is 12.1. The maximum absolute atomic E-state index is 5.18. The second-order valence-electron chi connectivity index (χ2n) is 3.53. The Bertz CT molecular complexity index is 501. The number of hydrogen-bond donors (Lipinski definition) is 1. The molecule has 2 aromatic heterocycles. The Morgan fingerprint density at radius 3 is 2.82 bits per heavy atom. The van der Waals surface area contributed by atoms with E-state index < -0.39 is 0 Å². The van der Waals surface area contributed by atoms with Crippen molar-refractivity contribution in [3.05, 3.63) is 36.4 Å². The molecule has 2 rings (SSSR count). The van der Waals surface area contributed by atoms with Crippen LogP contribution >= 0.6 is 0 Å². The third kappa shape index (κ3) is 2.57. The van der Waals surface area contributed by atoms with Crippen LogP contribution in [0, 0.1) is 0 Å². The van der Waals surface area contributed by atoms with E-state index >= 15 is 0 Å². The first-order chi connectivity index (χ1) is 8.35. The zero-order valence-electron chi connectivity index (χ0n) is 9.84. The molecular formula is C12H14N4O. The number of rotatable bonds is 4. The summed E-state index contributed by atoms with van der Waals surface area (Å²) in [6, 6.07) is 2.02. The van der Waals surface area contributed by atoms with Crippen LogP contribution in [-0.2, 0) is 6.54 Å². The van der Waals surface area contributed by atoms with Crippen LogP contribution in [0.1, 0.15) is 5.56 Å². The predicted molar refractivity (Wildman–Crippen MR) is 64.6 cm³/mol. The molecule has 5 heteroatoms. The van der Waals surface area contributed by atoms with E-state index in [9.17, 15) is 0 Å². The highest BCUT2D eigenvalue weighted by Gasteiger charge is 2.08. The highest BCUT2D eigenvalue weighted by atomic mass is 16.5. The van der Waals surface area contributed by atoms with Gasteiger partial charge in [-0.05, 0) is 18.7 Å². The molecule has 5 nitrogen and oxygen atoms in total. The molecule has 0 aromatic carbocycles. The Morgan fingerprint density at radius 2 is 2.06 bits per heavy atom. The molecule has 0 saturated heterocycles. The summed E-state index contributed by atoms with van der Waals surface area (Å²) in [7, 11) is 3.48. The standard InChI is InChI=1S/C12H14N4O/c1-13-6-9-5-10(8-14-7-9)11-12(17-2)16-4-3-15-11/h3-5,7-8,13H,6H2,1-2H3. The first-order valence-corrected chi connectivity index (χ1v) is 5.29. The van der Waals surface area contributed by atoms with Gasteiger partial charge in [-0.1, -0.05) is 0 Å². The number of nitrogens with zero attached hydrogens (tertiary/aromatic N) is 3. The van der Waals surface area contributed by atoms with E-state index in [0.29, 0.717) is 11.6 Å². The van der Waals surface area contributed by atoms with Crippen molar-refractivity contribution in [3.63, 3.8) is 0 Å². The van der Waals surface area contributed by atoms with Gasteiger partial charge in [-0.15, -0.1) is 0 Å². The highest BCUT2D eigenvalue weighted by molar-refractivity contribution is 5.63. The van der Waals surface area contributed by atoms with E-state index in [-0.39, 0.29) is 0 Å². The molecule has 0 aliphatic heterocycles. The van der Waals surface area contributed by atoms with Crippen molar-refractivity contribution in [2.75, 3.05) is 14.2 Å². The lowest BCUT2D eigenvalue weighted by molar-refractivity contribution is 0.397. The first-order valence-electron chi connectivity index (χ1n) is 5.29. The topological polar surface area (TPSA) is 59.9 Å². The molecule has 0 amide bonds. The third-order valence-corrected chi connectivity index (χ3v) is 2.31. The lowest BCUT2D eigenvalue weighted by atomic mass is 10.1. The summed E-state index contributed by atoms with van der Waals surface area (Å²) >= 11 is 0. The van der Waals surface area contributed by atoms with Gasteiger partial charge in [0.1, 0.15) is 5.69 Å². The summed E-state index contributed by atoms with van der Waals surface area (Å²) in [6.07, 6.45) is 6.82. The van der Waals surface area contributed by atoms with E-state index in [4.69, 9.17) is 4.74 Å². The van der Waals surface area contributed by atoms with E-state index in [1.54, 1.807) is 25.7 Å². The molecule has 0 spiro atoms. The maximum atomic E-state index is 5.18. The van der Waals surface area contributed by atoms with Crippen molar-refractivity contribution in [2.24, 2.45) is 0 Å². The summed E-state index contributed by atoms with van der Waals surface area (Å²) < 4.78 is 5.18. The monoisotopic (exact) mass is 230 g/mol. The molecular weight excluding hydrogens is 216 g/mol. The van der Waals surface area contributed by atoms with Crippen molar-refractivity contribution >= 4 is 0 Å². The Balaban J connectivity index is 2.41. The minimum absolute atomic E-state index is 0.510. The van der Waals surface area contributed by atoms with Crippen molar-refractivity contribution in [3.8, 4) is 17.1 Å².